The Morgan fingerprint density at radius 2 is 1.81 bits per heavy atom. The van der Waals surface area contributed by atoms with Crippen LogP contribution in [0.3, 0.4) is 0 Å². The molecule has 0 aliphatic heterocycles. The van der Waals surface area contributed by atoms with Gasteiger partial charge in [-0.05, 0) is 44.7 Å². The Labute approximate surface area is 166 Å². The summed E-state index contributed by atoms with van der Waals surface area (Å²) in [5, 5.41) is 3.09. The maximum absolute atomic E-state index is 13.0. The zero-order valence-electron chi connectivity index (χ0n) is 16.9. The van der Waals surface area contributed by atoms with E-state index in [0.717, 1.165) is 54.7 Å². The van der Waals surface area contributed by atoms with Gasteiger partial charge in [0.15, 0.2) is 0 Å². The first-order chi connectivity index (χ1) is 12.8. The van der Waals surface area contributed by atoms with Crippen LogP contribution in [0.5, 0.6) is 0 Å². The fourth-order valence-electron chi connectivity index (χ4n) is 3.44. The molecule has 0 bridgehead atoms. The predicted octanol–water partition coefficient (Wildman–Crippen LogP) is 5.43. The van der Waals surface area contributed by atoms with Crippen molar-refractivity contribution in [1.29, 1.82) is 0 Å². The fraction of sp³-hybridized carbons (Fsp3) is 0.455. The molecular formula is C22H29ClN2O2. The smallest absolute Gasteiger partial charge is 0.261 e. The van der Waals surface area contributed by atoms with E-state index in [4.69, 9.17) is 11.6 Å². The van der Waals surface area contributed by atoms with E-state index in [-0.39, 0.29) is 10.6 Å². The first-order valence-electron chi connectivity index (χ1n) is 9.62. The average molecular weight is 389 g/mol. The van der Waals surface area contributed by atoms with E-state index in [1.165, 1.54) is 0 Å². The molecule has 4 nitrogen and oxygen atoms in total. The first kappa shape index (κ1) is 21.2. The number of nitrogens with zero attached hydrogens (tertiary/aromatic N) is 1. The van der Waals surface area contributed by atoms with Crippen molar-refractivity contribution in [2.75, 3.05) is 5.32 Å². The molecule has 1 heterocycles. The number of carbonyl (C=O) groups is 1. The molecule has 146 valence electrons. The number of benzene rings is 1. The Bertz CT molecular complexity index is 900. The number of halogens is 1. The Morgan fingerprint density at radius 3 is 2.44 bits per heavy atom. The predicted molar refractivity (Wildman–Crippen MR) is 113 cm³/mol. The minimum absolute atomic E-state index is 0.128. The second-order valence-corrected chi connectivity index (χ2v) is 7.34. The lowest BCUT2D eigenvalue weighted by atomic mass is 10.0. The van der Waals surface area contributed by atoms with Crippen LogP contribution in [0.25, 0.3) is 0 Å². The van der Waals surface area contributed by atoms with Gasteiger partial charge in [0, 0.05) is 23.6 Å². The third-order valence-electron chi connectivity index (χ3n) is 5.11. The summed E-state index contributed by atoms with van der Waals surface area (Å²) in [6.07, 6.45) is 3.97. The van der Waals surface area contributed by atoms with E-state index in [9.17, 15) is 9.59 Å². The summed E-state index contributed by atoms with van der Waals surface area (Å²) in [6.45, 7) is 10.5. The summed E-state index contributed by atoms with van der Waals surface area (Å²) in [5.41, 5.74) is 3.91. The number of hydrogen-bond acceptors (Lipinski definition) is 2. The van der Waals surface area contributed by atoms with Gasteiger partial charge in [-0.1, -0.05) is 56.5 Å². The number of aromatic nitrogens is 1. The molecule has 2 aromatic rings. The van der Waals surface area contributed by atoms with Crippen LogP contribution < -0.4 is 10.7 Å². The molecule has 0 radical (unpaired) electrons. The van der Waals surface area contributed by atoms with Crippen LogP contribution in [-0.2, 0) is 13.0 Å². The number of hydrogen-bond donors (Lipinski definition) is 1. The summed E-state index contributed by atoms with van der Waals surface area (Å²) in [7, 11) is 0. The summed E-state index contributed by atoms with van der Waals surface area (Å²) < 4.78 is 1.99. The number of rotatable bonds is 7. The Hall–Kier alpha value is -2.07. The van der Waals surface area contributed by atoms with E-state index >= 15 is 0 Å². The molecule has 0 saturated carbocycles. The fourth-order valence-corrected chi connectivity index (χ4v) is 3.64. The highest BCUT2D eigenvalue weighted by atomic mass is 35.5. The first-order valence-corrected chi connectivity index (χ1v) is 10.0. The lowest BCUT2D eigenvalue weighted by molar-refractivity contribution is 0.102. The van der Waals surface area contributed by atoms with Gasteiger partial charge in [-0.15, -0.1) is 0 Å². The van der Waals surface area contributed by atoms with Gasteiger partial charge in [0.05, 0.1) is 0 Å². The molecule has 1 aromatic carbocycles. The van der Waals surface area contributed by atoms with Crippen molar-refractivity contribution in [2.45, 2.75) is 66.8 Å². The Kier molecular flexibility index (Phi) is 7.25. The molecule has 0 unspecified atom stereocenters. The lowest BCUT2D eigenvalue weighted by Crippen LogP contribution is -2.28. The SMILES string of the molecule is CCCCCn1c(C)c(Cl)c(=O)c(C(=O)Nc2c(C)cccc2CC)c1C. The number of pyridine rings is 1. The summed E-state index contributed by atoms with van der Waals surface area (Å²) in [6, 6.07) is 5.91. The maximum Gasteiger partial charge on any atom is 0.261 e. The lowest BCUT2D eigenvalue weighted by Gasteiger charge is -2.19. The highest BCUT2D eigenvalue weighted by Crippen LogP contribution is 2.23. The van der Waals surface area contributed by atoms with Crippen LogP contribution >= 0.6 is 11.6 Å². The van der Waals surface area contributed by atoms with Crippen LogP contribution in [0, 0.1) is 20.8 Å². The average Bonchev–Trinajstić information content (AvgIpc) is 2.64. The number of unbranched alkanes of at least 4 members (excludes halogenated alkanes) is 2. The van der Waals surface area contributed by atoms with Gasteiger partial charge in [0.2, 0.25) is 5.43 Å². The van der Waals surface area contributed by atoms with Gasteiger partial charge < -0.3 is 9.88 Å². The molecule has 27 heavy (non-hydrogen) atoms. The monoisotopic (exact) mass is 388 g/mol. The topological polar surface area (TPSA) is 51.1 Å². The van der Waals surface area contributed by atoms with Crippen LogP contribution in [-0.4, -0.2) is 10.5 Å². The van der Waals surface area contributed by atoms with Crippen LogP contribution in [0.1, 0.15) is 66.0 Å². The number of amides is 1. The minimum atomic E-state index is -0.400. The number of para-hydroxylation sites is 1. The molecule has 0 spiro atoms. The quantitative estimate of drug-likeness (QED) is 0.642. The van der Waals surface area contributed by atoms with Crippen molar-refractivity contribution < 1.29 is 4.79 Å². The number of carbonyl (C=O) groups excluding carboxylic acids is 1. The Morgan fingerprint density at radius 1 is 1.11 bits per heavy atom. The van der Waals surface area contributed by atoms with Gasteiger partial charge >= 0.3 is 0 Å². The van der Waals surface area contributed by atoms with E-state index < -0.39 is 11.3 Å². The van der Waals surface area contributed by atoms with Gasteiger partial charge in [-0.3, -0.25) is 9.59 Å². The summed E-state index contributed by atoms with van der Waals surface area (Å²) in [4.78, 5) is 25.8. The second-order valence-electron chi connectivity index (χ2n) is 6.96. The molecule has 2 rings (SSSR count). The van der Waals surface area contributed by atoms with Gasteiger partial charge in [0.1, 0.15) is 10.6 Å². The van der Waals surface area contributed by atoms with E-state index in [0.29, 0.717) is 5.69 Å². The molecular weight excluding hydrogens is 360 g/mol. The standard InChI is InChI=1S/C22H29ClN2O2/c1-6-8-9-13-25-15(4)18(21(26)19(23)16(25)5)22(27)24-20-14(3)11-10-12-17(20)7-2/h10-12H,6-9,13H2,1-5H3,(H,24,27). The van der Waals surface area contributed by atoms with Crippen LogP contribution in [0.4, 0.5) is 5.69 Å². The van der Waals surface area contributed by atoms with E-state index in [1.54, 1.807) is 0 Å². The highest BCUT2D eigenvalue weighted by Gasteiger charge is 2.22. The van der Waals surface area contributed by atoms with Crippen molar-refractivity contribution >= 4 is 23.2 Å². The van der Waals surface area contributed by atoms with Crippen molar-refractivity contribution in [3.05, 3.63) is 61.5 Å². The largest absolute Gasteiger partial charge is 0.347 e. The van der Waals surface area contributed by atoms with Crippen molar-refractivity contribution in [1.82, 2.24) is 4.57 Å². The van der Waals surface area contributed by atoms with Crippen LogP contribution in [0.15, 0.2) is 23.0 Å². The molecule has 0 fully saturated rings. The van der Waals surface area contributed by atoms with Crippen molar-refractivity contribution in [3.8, 4) is 0 Å². The van der Waals surface area contributed by atoms with Crippen molar-refractivity contribution in [3.63, 3.8) is 0 Å². The van der Waals surface area contributed by atoms with Gasteiger partial charge in [-0.2, -0.15) is 0 Å². The van der Waals surface area contributed by atoms with E-state index in [2.05, 4.69) is 12.2 Å². The minimum Gasteiger partial charge on any atom is -0.347 e. The third kappa shape index (κ3) is 4.44. The maximum atomic E-state index is 13.0. The zero-order valence-corrected chi connectivity index (χ0v) is 17.7. The summed E-state index contributed by atoms with van der Waals surface area (Å²) >= 11 is 6.30. The molecule has 1 N–H and O–H groups in total. The molecule has 0 atom stereocenters. The van der Waals surface area contributed by atoms with Gasteiger partial charge in [0.25, 0.3) is 5.91 Å². The molecule has 1 amide bonds. The van der Waals surface area contributed by atoms with E-state index in [1.807, 2.05) is 50.5 Å². The van der Waals surface area contributed by atoms with Gasteiger partial charge in [-0.25, -0.2) is 0 Å². The molecule has 5 heteroatoms. The second kappa shape index (κ2) is 9.23. The normalized spacial score (nSPS) is 10.9. The third-order valence-corrected chi connectivity index (χ3v) is 5.55. The Balaban J connectivity index is 2.49. The summed E-state index contributed by atoms with van der Waals surface area (Å²) in [5.74, 6) is -0.396. The zero-order chi connectivity index (χ0) is 20.1. The molecule has 0 saturated heterocycles. The molecule has 0 aliphatic carbocycles. The highest BCUT2D eigenvalue weighted by molar-refractivity contribution is 6.31. The molecule has 1 aromatic heterocycles. The van der Waals surface area contributed by atoms with Crippen LogP contribution in [0.2, 0.25) is 5.02 Å². The number of aryl methyl sites for hydroxylation is 2. The number of nitrogens with one attached hydrogen (secondary N) is 1. The van der Waals surface area contributed by atoms with Crippen molar-refractivity contribution in [2.24, 2.45) is 0 Å². The number of anilines is 1. The molecule has 0 aliphatic rings.